The number of benzene rings is 2. The van der Waals surface area contributed by atoms with Gasteiger partial charge in [0.2, 0.25) is 10.0 Å². The molecule has 6 nitrogen and oxygen atoms in total. The van der Waals surface area contributed by atoms with Gasteiger partial charge in [0, 0.05) is 37.3 Å². The fourth-order valence-corrected chi connectivity index (χ4v) is 5.02. The van der Waals surface area contributed by atoms with Crippen molar-refractivity contribution in [3.05, 3.63) is 71.7 Å². The molecule has 2 heterocycles. The van der Waals surface area contributed by atoms with Crippen LogP contribution in [0.2, 0.25) is 0 Å². The van der Waals surface area contributed by atoms with Crippen LogP contribution in [0.3, 0.4) is 0 Å². The van der Waals surface area contributed by atoms with Gasteiger partial charge in [0.25, 0.3) is 5.91 Å². The molecule has 3 aromatic rings. The standard InChI is InChI=1S/C21H20FN3O3S/c1-15-13-19(18-7-2-3-8-20(18)23-15)21(26)24-9-11-25(12-10-24)29(27,28)17-6-4-5-16(22)14-17/h2-8,13-14H,9-12H2,1H3. The molecule has 0 unspecified atom stereocenters. The first-order chi connectivity index (χ1) is 13.9. The first-order valence-electron chi connectivity index (χ1n) is 9.27. The lowest BCUT2D eigenvalue weighted by Gasteiger charge is -2.34. The Labute approximate surface area is 168 Å². The summed E-state index contributed by atoms with van der Waals surface area (Å²) in [6, 6.07) is 14.2. The van der Waals surface area contributed by atoms with Gasteiger partial charge in [-0.25, -0.2) is 12.8 Å². The molecule has 2 aromatic carbocycles. The van der Waals surface area contributed by atoms with Crippen LogP contribution in [0, 0.1) is 12.7 Å². The molecule has 0 saturated carbocycles. The van der Waals surface area contributed by atoms with Gasteiger partial charge >= 0.3 is 0 Å². The molecule has 1 aromatic heterocycles. The van der Waals surface area contributed by atoms with Crippen LogP contribution < -0.4 is 0 Å². The molecular formula is C21H20FN3O3S. The fourth-order valence-electron chi connectivity index (χ4n) is 3.56. The van der Waals surface area contributed by atoms with Crippen molar-refractivity contribution in [1.29, 1.82) is 0 Å². The van der Waals surface area contributed by atoms with Gasteiger partial charge in [-0.15, -0.1) is 0 Å². The number of hydrogen-bond acceptors (Lipinski definition) is 4. The van der Waals surface area contributed by atoms with E-state index < -0.39 is 15.8 Å². The number of carbonyl (C=O) groups excluding carboxylic acids is 1. The van der Waals surface area contributed by atoms with Crippen molar-refractivity contribution in [2.24, 2.45) is 0 Å². The molecule has 0 atom stereocenters. The minimum atomic E-state index is -3.79. The van der Waals surface area contributed by atoms with Crippen molar-refractivity contribution in [3.63, 3.8) is 0 Å². The highest BCUT2D eigenvalue weighted by molar-refractivity contribution is 7.89. The number of rotatable bonds is 3. The van der Waals surface area contributed by atoms with E-state index in [4.69, 9.17) is 0 Å². The van der Waals surface area contributed by atoms with E-state index in [1.165, 1.54) is 22.5 Å². The third-order valence-electron chi connectivity index (χ3n) is 5.03. The summed E-state index contributed by atoms with van der Waals surface area (Å²) in [6.45, 7) is 2.69. The molecule has 4 rings (SSSR count). The summed E-state index contributed by atoms with van der Waals surface area (Å²) in [6.07, 6.45) is 0. The van der Waals surface area contributed by atoms with Crippen LogP contribution in [0.5, 0.6) is 0 Å². The summed E-state index contributed by atoms with van der Waals surface area (Å²) in [4.78, 5) is 19.2. The molecule has 0 spiro atoms. The Hall–Kier alpha value is -2.84. The number of aromatic nitrogens is 1. The average molecular weight is 413 g/mol. The number of pyridine rings is 1. The lowest BCUT2D eigenvalue weighted by molar-refractivity contribution is 0.0699. The molecule has 1 aliphatic rings. The predicted octanol–water partition coefficient (Wildman–Crippen LogP) is 2.83. The molecule has 1 fully saturated rings. The smallest absolute Gasteiger partial charge is 0.254 e. The van der Waals surface area contributed by atoms with E-state index in [1.807, 2.05) is 31.2 Å². The monoisotopic (exact) mass is 413 g/mol. The van der Waals surface area contributed by atoms with Crippen LogP contribution in [-0.2, 0) is 10.0 Å². The summed E-state index contributed by atoms with van der Waals surface area (Å²) in [5, 5.41) is 0.776. The van der Waals surface area contributed by atoms with Crippen LogP contribution in [0.4, 0.5) is 4.39 Å². The van der Waals surface area contributed by atoms with Crippen molar-refractivity contribution in [2.75, 3.05) is 26.2 Å². The van der Waals surface area contributed by atoms with Crippen LogP contribution in [-0.4, -0.2) is 54.7 Å². The number of halogens is 1. The molecule has 8 heteroatoms. The van der Waals surface area contributed by atoms with Gasteiger partial charge in [-0.3, -0.25) is 9.78 Å². The van der Waals surface area contributed by atoms with E-state index in [0.717, 1.165) is 22.7 Å². The highest BCUT2D eigenvalue weighted by Crippen LogP contribution is 2.22. The number of fused-ring (bicyclic) bond motifs is 1. The molecule has 1 saturated heterocycles. The van der Waals surface area contributed by atoms with E-state index in [1.54, 1.807) is 11.0 Å². The number of para-hydroxylation sites is 1. The normalized spacial score (nSPS) is 15.6. The zero-order valence-corrected chi connectivity index (χ0v) is 16.7. The molecule has 1 aliphatic heterocycles. The van der Waals surface area contributed by atoms with Crippen molar-refractivity contribution in [1.82, 2.24) is 14.2 Å². The van der Waals surface area contributed by atoms with Crippen molar-refractivity contribution in [3.8, 4) is 0 Å². The Morgan fingerprint density at radius 2 is 1.72 bits per heavy atom. The Bertz CT molecular complexity index is 1190. The van der Waals surface area contributed by atoms with E-state index in [2.05, 4.69) is 4.98 Å². The van der Waals surface area contributed by atoms with Crippen LogP contribution >= 0.6 is 0 Å². The zero-order chi connectivity index (χ0) is 20.6. The molecule has 1 amide bonds. The number of aryl methyl sites for hydroxylation is 1. The fraction of sp³-hybridized carbons (Fsp3) is 0.238. The Morgan fingerprint density at radius 3 is 2.45 bits per heavy atom. The molecule has 29 heavy (non-hydrogen) atoms. The lowest BCUT2D eigenvalue weighted by atomic mass is 10.1. The Morgan fingerprint density at radius 1 is 1.00 bits per heavy atom. The molecule has 0 aliphatic carbocycles. The number of hydrogen-bond donors (Lipinski definition) is 0. The van der Waals surface area contributed by atoms with Gasteiger partial charge in [0.05, 0.1) is 16.0 Å². The third kappa shape index (κ3) is 3.73. The summed E-state index contributed by atoms with van der Waals surface area (Å²) >= 11 is 0. The van der Waals surface area contributed by atoms with Crippen molar-refractivity contribution < 1.29 is 17.6 Å². The van der Waals surface area contributed by atoms with E-state index >= 15 is 0 Å². The number of nitrogens with zero attached hydrogens (tertiary/aromatic N) is 3. The minimum absolute atomic E-state index is 0.0759. The summed E-state index contributed by atoms with van der Waals surface area (Å²) in [5.74, 6) is -0.741. The molecular weight excluding hydrogens is 393 g/mol. The molecule has 0 N–H and O–H groups in total. The highest BCUT2D eigenvalue weighted by atomic mass is 32.2. The zero-order valence-electron chi connectivity index (χ0n) is 15.9. The SMILES string of the molecule is Cc1cc(C(=O)N2CCN(S(=O)(=O)c3cccc(F)c3)CC2)c2ccccc2n1. The average Bonchev–Trinajstić information content (AvgIpc) is 2.72. The van der Waals surface area contributed by atoms with E-state index in [9.17, 15) is 17.6 Å². The van der Waals surface area contributed by atoms with Crippen LogP contribution in [0.25, 0.3) is 10.9 Å². The van der Waals surface area contributed by atoms with Crippen LogP contribution in [0.15, 0.2) is 59.5 Å². The summed E-state index contributed by atoms with van der Waals surface area (Å²) in [5.41, 5.74) is 2.07. The van der Waals surface area contributed by atoms with E-state index in [-0.39, 0.29) is 37.0 Å². The second kappa shape index (κ2) is 7.53. The van der Waals surface area contributed by atoms with Crippen molar-refractivity contribution >= 4 is 26.8 Å². The van der Waals surface area contributed by atoms with Gasteiger partial charge in [-0.1, -0.05) is 24.3 Å². The highest BCUT2D eigenvalue weighted by Gasteiger charge is 2.31. The number of piperazine rings is 1. The lowest BCUT2D eigenvalue weighted by Crippen LogP contribution is -2.50. The Kier molecular flexibility index (Phi) is 5.06. The maximum atomic E-state index is 13.4. The van der Waals surface area contributed by atoms with Gasteiger partial charge < -0.3 is 4.90 Å². The van der Waals surface area contributed by atoms with Gasteiger partial charge in [0.15, 0.2) is 0 Å². The van der Waals surface area contributed by atoms with E-state index in [0.29, 0.717) is 5.56 Å². The third-order valence-corrected chi connectivity index (χ3v) is 6.93. The summed E-state index contributed by atoms with van der Waals surface area (Å²) < 4.78 is 40.2. The first-order valence-corrected chi connectivity index (χ1v) is 10.7. The van der Waals surface area contributed by atoms with Gasteiger partial charge in [-0.05, 0) is 37.3 Å². The molecule has 0 radical (unpaired) electrons. The second-order valence-corrected chi connectivity index (χ2v) is 8.92. The summed E-state index contributed by atoms with van der Waals surface area (Å²) in [7, 11) is -3.79. The molecule has 150 valence electrons. The Balaban J connectivity index is 1.54. The quantitative estimate of drug-likeness (QED) is 0.662. The first kappa shape index (κ1) is 19.5. The molecule has 0 bridgehead atoms. The van der Waals surface area contributed by atoms with Crippen molar-refractivity contribution in [2.45, 2.75) is 11.8 Å². The predicted molar refractivity (Wildman–Crippen MR) is 108 cm³/mol. The maximum absolute atomic E-state index is 13.4. The number of sulfonamides is 1. The number of carbonyl (C=O) groups is 1. The minimum Gasteiger partial charge on any atom is -0.336 e. The van der Waals surface area contributed by atoms with Gasteiger partial charge in [-0.2, -0.15) is 4.31 Å². The largest absolute Gasteiger partial charge is 0.336 e. The van der Waals surface area contributed by atoms with Gasteiger partial charge in [0.1, 0.15) is 5.82 Å². The number of amides is 1. The maximum Gasteiger partial charge on any atom is 0.254 e. The second-order valence-electron chi connectivity index (χ2n) is 6.98. The van der Waals surface area contributed by atoms with Crippen LogP contribution in [0.1, 0.15) is 16.1 Å². The topological polar surface area (TPSA) is 70.6 Å².